The second-order valence-electron chi connectivity index (χ2n) is 5.55. The minimum absolute atomic E-state index is 0.579. The Labute approximate surface area is 111 Å². The third-order valence-electron chi connectivity index (χ3n) is 3.49. The minimum Gasteiger partial charge on any atom is -0.370 e. The average molecular weight is 247 g/mol. The number of hydrogen-bond acceptors (Lipinski definition) is 3. The molecule has 3 heteroatoms. The molecule has 1 N–H and O–H groups in total. The molecular weight excluding hydrogens is 222 g/mol. The molecule has 1 aliphatic heterocycles. The van der Waals surface area contributed by atoms with E-state index in [0.717, 1.165) is 18.3 Å². The molecule has 0 aromatic carbocycles. The van der Waals surface area contributed by atoms with Crippen LogP contribution in [0.3, 0.4) is 0 Å². The zero-order valence-electron chi connectivity index (χ0n) is 11.8. The Morgan fingerprint density at radius 2 is 2.28 bits per heavy atom. The first-order chi connectivity index (χ1) is 8.70. The van der Waals surface area contributed by atoms with Crippen molar-refractivity contribution in [1.29, 1.82) is 0 Å². The Balaban J connectivity index is 2.05. The number of anilines is 1. The highest BCUT2D eigenvalue weighted by atomic mass is 15.2. The van der Waals surface area contributed by atoms with Gasteiger partial charge in [0.1, 0.15) is 5.82 Å². The van der Waals surface area contributed by atoms with Crippen LogP contribution in [0.25, 0.3) is 0 Å². The summed E-state index contributed by atoms with van der Waals surface area (Å²) in [5, 5.41) is 3.24. The van der Waals surface area contributed by atoms with Crippen LogP contribution in [-0.2, 0) is 0 Å². The number of pyridine rings is 1. The quantitative estimate of drug-likeness (QED) is 0.865. The van der Waals surface area contributed by atoms with Gasteiger partial charge in [0.05, 0.1) is 0 Å². The summed E-state index contributed by atoms with van der Waals surface area (Å²) < 4.78 is 0. The fourth-order valence-corrected chi connectivity index (χ4v) is 2.78. The van der Waals surface area contributed by atoms with E-state index in [1.807, 2.05) is 6.20 Å². The zero-order chi connectivity index (χ0) is 13.0. The molecule has 1 aromatic heterocycles. The molecular formula is C15H25N3. The summed E-state index contributed by atoms with van der Waals surface area (Å²) in [7, 11) is 0. The Bertz CT molecular complexity index is 359. The van der Waals surface area contributed by atoms with E-state index < -0.39 is 0 Å². The van der Waals surface area contributed by atoms with Gasteiger partial charge in [-0.05, 0) is 43.9 Å². The standard InChI is InChI=1S/C15H25N3/c1-4-16-15-8-7-13(10-17-15)14-6-5-9-18(14)11-12(2)3/h7-8,10,12,14H,4-6,9,11H2,1-3H3,(H,16,17)/t14-/m1/s1. The third kappa shape index (κ3) is 3.22. The number of rotatable bonds is 5. The highest BCUT2D eigenvalue weighted by Gasteiger charge is 2.26. The van der Waals surface area contributed by atoms with Gasteiger partial charge in [-0.2, -0.15) is 0 Å². The van der Waals surface area contributed by atoms with Crippen molar-refractivity contribution >= 4 is 5.82 Å². The van der Waals surface area contributed by atoms with E-state index in [0.29, 0.717) is 6.04 Å². The van der Waals surface area contributed by atoms with Crippen LogP contribution in [0, 0.1) is 5.92 Å². The van der Waals surface area contributed by atoms with E-state index in [2.05, 4.69) is 48.1 Å². The molecule has 0 spiro atoms. The molecule has 3 nitrogen and oxygen atoms in total. The van der Waals surface area contributed by atoms with Crippen molar-refractivity contribution in [1.82, 2.24) is 9.88 Å². The lowest BCUT2D eigenvalue weighted by molar-refractivity contribution is 0.228. The molecule has 100 valence electrons. The maximum atomic E-state index is 4.49. The molecule has 2 rings (SSSR count). The zero-order valence-corrected chi connectivity index (χ0v) is 11.8. The number of nitrogens with zero attached hydrogens (tertiary/aromatic N) is 2. The highest BCUT2D eigenvalue weighted by molar-refractivity contribution is 5.36. The van der Waals surface area contributed by atoms with Crippen molar-refractivity contribution < 1.29 is 0 Å². The van der Waals surface area contributed by atoms with Crippen LogP contribution in [0.15, 0.2) is 18.3 Å². The van der Waals surface area contributed by atoms with Gasteiger partial charge < -0.3 is 5.32 Å². The van der Waals surface area contributed by atoms with E-state index in [1.54, 1.807) is 0 Å². The van der Waals surface area contributed by atoms with E-state index in [-0.39, 0.29) is 0 Å². The van der Waals surface area contributed by atoms with Crippen LogP contribution < -0.4 is 5.32 Å². The molecule has 18 heavy (non-hydrogen) atoms. The normalized spacial score (nSPS) is 20.6. The summed E-state index contributed by atoms with van der Waals surface area (Å²) >= 11 is 0. The summed E-state index contributed by atoms with van der Waals surface area (Å²) in [5.41, 5.74) is 1.37. The van der Waals surface area contributed by atoms with Gasteiger partial charge in [0.2, 0.25) is 0 Å². The molecule has 1 atom stereocenters. The van der Waals surface area contributed by atoms with E-state index in [1.165, 1.54) is 31.5 Å². The molecule has 1 aliphatic rings. The van der Waals surface area contributed by atoms with Gasteiger partial charge in [-0.15, -0.1) is 0 Å². The monoisotopic (exact) mass is 247 g/mol. The van der Waals surface area contributed by atoms with Gasteiger partial charge in [0.25, 0.3) is 0 Å². The maximum absolute atomic E-state index is 4.49. The summed E-state index contributed by atoms with van der Waals surface area (Å²) in [6.07, 6.45) is 4.63. The molecule has 0 bridgehead atoms. The van der Waals surface area contributed by atoms with E-state index in [4.69, 9.17) is 0 Å². The van der Waals surface area contributed by atoms with Crippen molar-refractivity contribution in [2.24, 2.45) is 5.92 Å². The van der Waals surface area contributed by atoms with Crippen LogP contribution in [0.5, 0.6) is 0 Å². The molecule has 1 saturated heterocycles. The topological polar surface area (TPSA) is 28.2 Å². The van der Waals surface area contributed by atoms with Crippen LogP contribution >= 0.6 is 0 Å². The molecule has 2 heterocycles. The SMILES string of the molecule is CCNc1ccc([C@H]2CCCN2CC(C)C)cn1. The second kappa shape index (κ2) is 6.19. The van der Waals surface area contributed by atoms with Gasteiger partial charge in [-0.1, -0.05) is 19.9 Å². The summed E-state index contributed by atoms with van der Waals surface area (Å²) in [4.78, 5) is 7.09. The van der Waals surface area contributed by atoms with E-state index >= 15 is 0 Å². The van der Waals surface area contributed by atoms with Crippen molar-refractivity contribution in [3.63, 3.8) is 0 Å². The molecule has 1 aromatic rings. The van der Waals surface area contributed by atoms with Crippen molar-refractivity contribution in [2.45, 2.75) is 39.7 Å². The molecule has 0 aliphatic carbocycles. The average Bonchev–Trinajstić information content (AvgIpc) is 2.78. The predicted octanol–water partition coefficient (Wildman–Crippen LogP) is 3.31. The van der Waals surface area contributed by atoms with Gasteiger partial charge >= 0.3 is 0 Å². The maximum Gasteiger partial charge on any atom is 0.125 e. The molecule has 0 saturated carbocycles. The first-order valence-electron chi connectivity index (χ1n) is 7.14. The Morgan fingerprint density at radius 1 is 1.44 bits per heavy atom. The van der Waals surface area contributed by atoms with Gasteiger partial charge in [-0.3, -0.25) is 4.90 Å². The van der Waals surface area contributed by atoms with Gasteiger partial charge in [-0.25, -0.2) is 4.98 Å². The first-order valence-corrected chi connectivity index (χ1v) is 7.14. The van der Waals surface area contributed by atoms with Gasteiger partial charge in [0, 0.05) is 25.3 Å². The first kappa shape index (κ1) is 13.3. The summed E-state index contributed by atoms with van der Waals surface area (Å²) in [6, 6.07) is 4.91. The Morgan fingerprint density at radius 3 is 2.89 bits per heavy atom. The Kier molecular flexibility index (Phi) is 4.59. The smallest absolute Gasteiger partial charge is 0.125 e. The van der Waals surface area contributed by atoms with Crippen LogP contribution in [0.2, 0.25) is 0 Å². The highest BCUT2D eigenvalue weighted by Crippen LogP contribution is 2.32. The fourth-order valence-electron chi connectivity index (χ4n) is 2.78. The predicted molar refractivity (Wildman–Crippen MR) is 76.8 cm³/mol. The van der Waals surface area contributed by atoms with Crippen LogP contribution in [0.4, 0.5) is 5.82 Å². The number of nitrogens with one attached hydrogen (secondary N) is 1. The van der Waals surface area contributed by atoms with E-state index in [9.17, 15) is 0 Å². The largest absolute Gasteiger partial charge is 0.370 e. The lowest BCUT2D eigenvalue weighted by atomic mass is 10.1. The number of likely N-dealkylation sites (tertiary alicyclic amines) is 1. The molecule has 1 fully saturated rings. The molecule has 0 amide bonds. The fraction of sp³-hybridized carbons (Fsp3) is 0.667. The van der Waals surface area contributed by atoms with Crippen LogP contribution in [0.1, 0.15) is 45.2 Å². The van der Waals surface area contributed by atoms with Crippen LogP contribution in [-0.4, -0.2) is 29.5 Å². The third-order valence-corrected chi connectivity index (χ3v) is 3.49. The number of aromatic nitrogens is 1. The van der Waals surface area contributed by atoms with Crippen molar-refractivity contribution in [3.05, 3.63) is 23.9 Å². The molecule has 0 unspecified atom stereocenters. The van der Waals surface area contributed by atoms with Crippen molar-refractivity contribution in [3.8, 4) is 0 Å². The summed E-state index contributed by atoms with van der Waals surface area (Å²) in [6.45, 7) is 10.0. The Hall–Kier alpha value is -1.09. The second-order valence-corrected chi connectivity index (χ2v) is 5.55. The molecule has 0 radical (unpaired) electrons. The number of hydrogen-bond donors (Lipinski definition) is 1. The minimum atomic E-state index is 0.579. The summed E-state index contributed by atoms with van der Waals surface area (Å²) in [5.74, 6) is 1.72. The van der Waals surface area contributed by atoms with Crippen molar-refractivity contribution in [2.75, 3.05) is 25.0 Å². The van der Waals surface area contributed by atoms with Gasteiger partial charge in [0.15, 0.2) is 0 Å². The lowest BCUT2D eigenvalue weighted by Crippen LogP contribution is -2.27. The lowest BCUT2D eigenvalue weighted by Gasteiger charge is -2.26.